The molecule has 0 bridgehead atoms. The highest BCUT2D eigenvalue weighted by atomic mass is 16.3. The van der Waals surface area contributed by atoms with Crippen LogP contribution in [0, 0.1) is 5.92 Å². The van der Waals surface area contributed by atoms with Crippen molar-refractivity contribution in [2.45, 2.75) is 32.6 Å². The topological polar surface area (TPSA) is 40.5 Å². The van der Waals surface area contributed by atoms with Gasteiger partial charge in [0.25, 0.3) is 0 Å². The molecule has 0 aliphatic rings. The molecule has 0 aromatic heterocycles. The third-order valence-corrected chi connectivity index (χ3v) is 3.45. The van der Waals surface area contributed by atoms with Gasteiger partial charge in [-0.15, -0.1) is 0 Å². The molecule has 0 saturated carbocycles. The number of allylic oxidation sites excluding steroid dienone is 1. The van der Waals surface area contributed by atoms with Crippen molar-refractivity contribution in [1.29, 1.82) is 0 Å². The van der Waals surface area contributed by atoms with Gasteiger partial charge in [0.05, 0.1) is 0 Å². The molecule has 3 nitrogen and oxygen atoms in total. The smallest absolute Gasteiger partial charge is 0.160 e. The zero-order valence-corrected chi connectivity index (χ0v) is 13.4. The maximum atomic E-state index is 12.4. The van der Waals surface area contributed by atoms with E-state index in [1.165, 1.54) is 12.8 Å². The van der Waals surface area contributed by atoms with Gasteiger partial charge < -0.3 is 10.0 Å². The summed E-state index contributed by atoms with van der Waals surface area (Å²) in [6, 6.07) is 6.93. The van der Waals surface area contributed by atoms with Crippen LogP contribution < -0.4 is 0 Å². The first-order valence-electron chi connectivity index (χ1n) is 7.68. The summed E-state index contributed by atoms with van der Waals surface area (Å²) in [7, 11) is 4.00. The molecule has 21 heavy (non-hydrogen) atoms. The highest BCUT2D eigenvalue weighted by Gasteiger charge is 2.16. The third-order valence-electron chi connectivity index (χ3n) is 3.45. The Kier molecular flexibility index (Phi) is 7.76. The van der Waals surface area contributed by atoms with Crippen LogP contribution in [0.4, 0.5) is 0 Å². The molecule has 0 radical (unpaired) electrons. The summed E-state index contributed by atoms with van der Waals surface area (Å²) in [5.41, 5.74) is 0.848. The highest BCUT2D eigenvalue weighted by Crippen LogP contribution is 2.15. The first kappa shape index (κ1) is 17.4. The molecule has 0 amide bonds. The molecule has 0 spiro atoms. The predicted molar refractivity (Wildman–Crippen MR) is 88.3 cm³/mol. The molecule has 0 heterocycles. The zero-order valence-electron chi connectivity index (χ0n) is 13.4. The summed E-state index contributed by atoms with van der Waals surface area (Å²) >= 11 is 0. The van der Waals surface area contributed by atoms with Crippen molar-refractivity contribution in [3.63, 3.8) is 0 Å². The normalized spacial score (nSPS) is 13.0. The second kappa shape index (κ2) is 9.35. The monoisotopic (exact) mass is 289 g/mol. The zero-order chi connectivity index (χ0) is 15.7. The number of carbonyl (C=O) groups excluding carboxylic acids is 1. The number of phenols is 1. The van der Waals surface area contributed by atoms with Gasteiger partial charge in [0, 0.05) is 12.5 Å². The number of hydrogen-bond acceptors (Lipinski definition) is 3. The van der Waals surface area contributed by atoms with E-state index in [9.17, 15) is 9.90 Å². The fourth-order valence-electron chi connectivity index (χ4n) is 2.35. The van der Waals surface area contributed by atoms with Gasteiger partial charge in [-0.1, -0.05) is 44.4 Å². The van der Waals surface area contributed by atoms with Gasteiger partial charge in [0.15, 0.2) is 5.78 Å². The largest absolute Gasteiger partial charge is 0.508 e. The van der Waals surface area contributed by atoms with Gasteiger partial charge in [-0.3, -0.25) is 4.79 Å². The molecule has 1 atom stereocenters. The Hall–Kier alpha value is -1.61. The molecule has 0 aliphatic heterocycles. The van der Waals surface area contributed by atoms with Crippen LogP contribution in [0.1, 0.15) is 38.2 Å². The minimum atomic E-state index is 0.0557. The first-order chi connectivity index (χ1) is 10.0. The van der Waals surface area contributed by atoms with E-state index in [4.69, 9.17) is 0 Å². The number of carbonyl (C=O) groups is 1. The lowest BCUT2D eigenvalue weighted by Crippen LogP contribution is -2.27. The SMILES string of the molecule is CCCCCC(CN(C)C)C(=O)/C=C/c1cccc(O)c1. The van der Waals surface area contributed by atoms with Crippen LogP contribution in [0.15, 0.2) is 30.3 Å². The lowest BCUT2D eigenvalue weighted by atomic mass is 9.95. The van der Waals surface area contributed by atoms with Crippen molar-refractivity contribution < 1.29 is 9.90 Å². The minimum absolute atomic E-state index is 0.0557. The molecular weight excluding hydrogens is 262 g/mol. The number of unbranched alkanes of at least 4 members (excludes halogenated alkanes) is 2. The average Bonchev–Trinajstić information content (AvgIpc) is 2.43. The van der Waals surface area contributed by atoms with Gasteiger partial charge in [-0.2, -0.15) is 0 Å². The van der Waals surface area contributed by atoms with Gasteiger partial charge in [0.2, 0.25) is 0 Å². The molecule has 0 aliphatic carbocycles. The molecule has 116 valence electrons. The first-order valence-corrected chi connectivity index (χ1v) is 7.68. The molecule has 1 N–H and O–H groups in total. The standard InChI is InChI=1S/C18H27NO2/c1-4-5-6-9-16(14-19(2)3)18(21)12-11-15-8-7-10-17(20)13-15/h7-8,10-13,16,20H,4-6,9,14H2,1-3H3/b12-11+. The maximum absolute atomic E-state index is 12.4. The van der Waals surface area contributed by atoms with Crippen LogP contribution >= 0.6 is 0 Å². The lowest BCUT2D eigenvalue weighted by Gasteiger charge is -2.18. The maximum Gasteiger partial charge on any atom is 0.160 e. The summed E-state index contributed by atoms with van der Waals surface area (Å²) in [5, 5.41) is 9.42. The summed E-state index contributed by atoms with van der Waals surface area (Å²) in [6.07, 6.45) is 7.81. The van der Waals surface area contributed by atoms with E-state index in [-0.39, 0.29) is 17.5 Å². The average molecular weight is 289 g/mol. The fourth-order valence-corrected chi connectivity index (χ4v) is 2.35. The number of nitrogens with zero attached hydrogens (tertiary/aromatic N) is 1. The molecule has 0 fully saturated rings. The van der Waals surface area contributed by atoms with Crippen molar-refractivity contribution in [3.05, 3.63) is 35.9 Å². The van der Waals surface area contributed by atoms with Crippen molar-refractivity contribution in [2.24, 2.45) is 5.92 Å². The van der Waals surface area contributed by atoms with E-state index in [1.54, 1.807) is 30.4 Å². The Labute approximate surface area is 128 Å². The van der Waals surface area contributed by atoms with E-state index in [2.05, 4.69) is 11.8 Å². The number of phenolic OH excluding ortho intramolecular Hbond substituents is 1. The molecule has 1 aromatic carbocycles. The van der Waals surface area contributed by atoms with Crippen LogP contribution in [0.2, 0.25) is 0 Å². The van der Waals surface area contributed by atoms with Gasteiger partial charge in [-0.25, -0.2) is 0 Å². The molecule has 0 saturated heterocycles. The third kappa shape index (κ3) is 7.09. The van der Waals surface area contributed by atoms with Crippen molar-refractivity contribution in [1.82, 2.24) is 4.90 Å². The Morgan fingerprint density at radius 1 is 1.33 bits per heavy atom. The van der Waals surface area contributed by atoms with E-state index >= 15 is 0 Å². The summed E-state index contributed by atoms with van der Waals surface area (Å²) in [6.45, 7) is 2.96. The lowest BCUT2D eigenvalue weighted by molar-refractivity contribution is -0.118. The van der Waals surface area contributed by atoms with Crippen molar-refractivity contribution in [2.75, 3.05) is 20.6 Å². The number of rotatable bonds is 9. The van der Waals surface area contributed by atoms with Crippen LogP contribution in [0.25, 0.3) is 6.08 Å². The Morgan fingerprint density at radius 3 is 2.71 bits per heavy atom. The summed E-state index contributed by atoms with van der Waals surface area (Å²) in [5.74, 6) is 0.445. The quantitative estimate of drug-likeness (QED) is 0.556. The van der Waals surface area contributed by atoms with E-state index < -0.39 is 0 Å². The molecule has 1 rings (SSSR count). The van der Waals surface area contributed by atoms with Crippen LogP contribution in [-0.4, -0.2) is 36.4 Å². The van der Waals surface area contributed by atoms with E-state index in [1.807, 2.05) is 20.2 Å². The number of hydrogen-bond donors (Lipinski definition) is 1. The molecule has 3 heteroatoms. The molecule has 1 unspecified atom stereocenters. The van der Waals surface area contributed by atoms with Crippen LogP contribution in [0.5, 0.6) is 5.75 Å². The van der Waals surface area contributed by atoms with Crippen molar-refractivity contribution >= 4 is 11.9 Å². The number of aromatic hydroxyl groups is 1. The second-order valence-electron chi connectivity index (χ2n) is 5.79. The van der Waals surface area contributed by atoms with Crippen LogP contribution in [0.3, 0.4) is 0 Å². The summed E-state index contributed by atoms with van der Waals surface area (Å²) in [4.78, 5) is 14.4. The second-order valence-corrected chi connectivity index (χ2v) is 5.79. The highest BCUT2D eigenvalue weighted by molar-refractivity contribution is 5.95. The molecular formula is C18H27NO2. The summed E-state index contributed by atoms with van der Waals surface area (Å²) < 4.78 is 0. The predicted octanol–water partition coefficient (Wildman–Crippen LogP) is 3.73. The minimum Gasteiger partial charge on any atom is -0.508 e. The molecule has 1 aromatic rings. The number of benzene rings is 1. The Bertz CT molecular complexity index is 466. The van der Waals surface area contributed by atoms with Gasteiger partial charge in [-0.05, 0) is 44.3 Å². The fraction of sp³-hybridized carbons (Fsp3) is 0.500. The van der Waals surface area contributed by atoms with E-state index in [0.29, 0.717) is 0 Å². The van der Waals surface area contributed by atoms with Gasteiger partial charge >= 0.3 is 0 Å². The Balaban J connectivity index is 2.66. The van der Waals surface area contributed by atoms with Gasteiger partial charge in [0.1, 0.15) is 5.75 Å². The van der Waals surface area contributed by atoms with E-state index in [0.717, 1.165) is 24.9 Å². The van der Waals surface area contributed by atoms with Crippen LogP contribution in [-0.2, 0) is 4.79 Å². The van der Waals surface area contributed by atoms with Crippen molar-refractivity contribution in [3.8, 4) is 5.75 Å². The Morgan fingerprint density at radius 2 is 2.10 bits per heavy atom. The number of ketones is 1.